The van der Waals surface area contributed by atoms with E-state index >= 15 is 4.39 Å². The van der Waals surface area contributed by atoms with E-state index in [0.717, 1.165) is 19.5 Å². The quantitative estimate of drug-likeness (QED) is 0.343. The smallest absolute Gasteiger partial charge is 0.426 e. The zero-order chi connectivity index (χ0) is 33.9. The number of nitrogens with one attached hydrogen (secondary N) is 1. The summed E-state index contributed by atoms with van der Waals surface area (Å²) in [5.74, 6) is -5.55. The van der Waals surface area contributed by atoms with Crippen LogP contribution in [0.1, 0.15) is 22.3 Å². The van der Waals surface area contributed by atoms with Crippen LogP contribution in [0.25, 0.3) is 16.8 Å². The first-order valence-electron chi connectivity index (χ1n) is 12.3. The summed E-state index contributed by atoms with van der Waals surface area (Å²) in [4.78, 5) is 29.1. The van der Waals surface area contributed by atoms with Gasteiger partial charge in [-0.2, -0.15) is 44.6 Å². The third-order valence-corrected chi connectivity index (χ3v) is 6.96. The first-order chi connectivity index (χ1) is 20.6. The average Bonchev–Trinajstić information content (AvgIpc) is 3.48. The van der Waals surface area contributed by atoms with Gasteiger partial charge in [-0.25, -0.2) is 18.3 Å². The van der Waals surface area contributed by atoms with Crippen molar-refractivity contribution in [2.45, 2.75) is 42.8 Å². The van der Waals surface area contributed by atoms with Crippen molar-refractivity contribution in [2.24, 2.45) is 0 Å². The maximum absolute atomic E-state index is 15.1. The summed E-state index contributed by atoms with van der Waals surface area (Å²) in [7, 11) is 0.976. The molecule has 0 aliphatic carbocycles. The molecular weight excluding hydrogens is 645 g/mol. The van der Waals surface area contributed by atoms with Gasteiger partial charge in [0, 0.05) is 18.2 Å². The number of fused-ring (bicyclic) bond motifs is 1. The van der Waals surface area contributed by atoms with Gasteiger partial charge in [-0.15, -0.1) is 0 Å². The highest BCUT2D eigenvalue weighted by Gasteiger charge is 2.71. The molecule has 1 aliphatic rings. The number of nitrogens with two attached hydrogens (primary N) is 1. The number of hydrogen-bond donors (Lipinski definition) is 3. The van der Waals surface area contributed by atoms with E-state index in [-0.39, 0.29) is 4.90 Å². The van der Waals surface area contributed by atoms with Crippen molar-refractivity contribution < 1.29 is 67.7 Å². The minimum atomic E-state index is -6.32. The predicted octanol–water partition coefficient (Wildman–Crippen LogP) is 3.67. The van der Waals surface area contributed by atoms with Gasteiger partial charge in [0.05, 0.1) is 42.9 Å². The minimum absolute atomic E-state index is 0.223. The molecular formula is C24H19F11N6O4. The number of halogens is 11. The van der Waals surface area contributed by atoms with Crippen LogP contribution in [0.15, 0.2) is 24.5 Å². The van der Waals surface area contributed by atoms with Gasteiger partial charge < -0.3 is 25.8 Å². The number of carbonyl (C=O) groups is 2. The summed E-state index contributed by atoms with van der Waals surface area (Å²) in [5.41, 5.74) is -3.74. The van der Waals surface area contributed by atoms with Gasteiger partial charge >= 0.3 is 18.5 Å². The van der Waals surface area contributed by atoms with Crippen molar-refractivity contribution in [1.29, 1.82) is 0 Å². The number of likely N-dealkylation sites (tertiary alicyclic amines) is 1. The number of alkyl halides is 10. The zero-order valence-corrected chi connectivity index (χ0v) is 22.3. The molecule has 2 aromatic heterocycles. The van der Waals surface area contributed by atoms with Crippen LogP contribution < -0.4 is 15.8 Å². The highest BCUT2D eigenvalue weighted by atomic mass is 19.4. The molecule has 45 heavy (non-hydrogen) atoms. The maximum atomic E-state index is 15.1. The van der Waals surface area contributed by atoms with Gasteiger partial charge in [0.2, 0.25) is 5.91 Å². The van der Waals surface area contributed by atoms with Gasteiger partial charge in [-0.05, 0) is 12.1 Å². The number of rotatable bonds is 6. The zero-order valence-electron chi connectivity index (χ0n) is 22.3. The van der Waals surface area contributed by atoms with Crippen molar-refractivity contribution in [1.82, 2.24) is 24.8 Å². The Morgan fingerprint density at radius 3 is 2.24 bits per heavy atom. The Kier molecular flexibility index (Phi) is 8.31. The van der Waals surface area contributed by atoms with Crippen LogP contribution >= 0.6 is 0 Å². The lowest BCUT2D eigenvalue weighted by Crippen LogP contribution is -2.59. The number of benzene rings is 1. The number of amides is 2. The highest BCUT2D eigenvalue weighted by Crippen LogP contribution is 2.46. The summed E-state index contributed by atoms with van der Waals surface area (Å²) >= 11 is 0. The fraction of sp³-hybridized carbons (Fsp3) is 0.417. The van der Waals surface area contributed by atoms with E-state index in [4.69, 9.17) is 10.5 Å². The second-order valence-corrected chi connectivity index (χ2v) is 9.81. The molecule has 2 amide bonds. The van der Waals surface area contributed by atoms with E-state index in [0.29, 0.717) is 16.6 Å². The fourth-order valence-corrected chi connectivity index (χ4v) is 4.62. The Morgan fingerprint density at radius 1 is 1.07 bits per heavy atom. The topological polar surface area (TPSA) is 135 Å². The molecule has 1 saturated heterocycles. The standard InChI is InChI=1S/C24H19F11N6O4/c1-45-16-4-12(25)9(15-3-11(22(27,28)29)18-19(36)37-8-38-41(15)18)2-10(16)20(43)39-14-7-40(6-13(14)26)17(42)5-21(44,23(30,31)32)24(33,34)35/h2-4,8,13-14,44H,5-7H2,1H3,(H,39,43)(H2,36,37,38)/t13-,14+/m0/s1. The molecule has 10 nitrogen and oxygen atoms in total. The molecule has 2 atom stereocenters. The van der Waals surface area contributed by atoms with E-state index in [1.807, 2.05) is 0 Å². The number of anilines is 1. The van der Waals surface area contributed by atoms with Gasteiger partial charge in [-0.3, -0.25) is 9.59 Å². The molecule has 1 aliphatic heterocycles. The van der Waals surface area contributed by atoms with Crippen molar-refractivity contribution in [3.05, 3.63) is 41.5 Å². The molecule has 3 aromatic rings. The molecule has 1 fully saturated rings. The predicted molar refractivity (Wildman–Crippen MR) is 129 cm³/mol. The molecule has 21 heteroatoms. The van der Waals surface area contributed by atoms with Gasteiger partial charge in [0.15, 0.2) is 5.82 Å². The van der Waals surface area contributed by atoms with E-state index in [9.17, 15) is 58.6 Å². The van der Waals surface area contributed by atoms with Crippen molar-refractivity contribution in [2.75, 3.05) is 25.9 Å². The molecule has 0 bridgehead atoms. The molecule has 0 radical (unpaired) electrons. The molecule has 3 heterocycles. The van der Waals surface area contributed by atoms with Crippen LogP contribution in [0.3, 0.4) is 0 Å². The summed E-state index contributed by atoms with van der Waals surface area (Å²) in [5, 5.41) is 15.0. The van der Waals surface area contributed by atoms with Crippen molar-refractivity contribution in [3.63, 3.8) is 0 Å². The largest absolute Gasteiger partial charge is 0.496 e. The summed E-state index contributed by atoms with van der Waals surface area (Å²) < 4.78 is 155. The molecule has 4 N–H and O–H groups in total. The normalized spacial score (nSPS) is 18.0. The van der Waals surface area contributed by atoms with Crippen molar-refractivity contribution >= 4 is 23.1 Å². The first kappa shape index (κ1) is 33.5. The van der Waals surface area contributed by atoms with E-state index < -0.39 is 113 Å². The third kappa shape index (κ3) is 5.99. The molecule has 4 rings (SSSR count). The fourth-order valence-electron chi connectivity index (χ4n) is 4.62. The lowest BCUT2D eigenvalue weighted by atomic mass is 9.97. The Hall–Kier alpha value is -4.43. The molecule has 246 valence electrons. The molecule has 0 spiro atoms. The van der Waals surface area contributed by atoms with Crippen LogP contribution in [-0.2, 0) is 11.0 Å². The molecule has 0 saturated carbocycles. The minimum Gasteiger partial charge on any atom is -0.496 e. The number of carbonyl (C=O) groups excluding carboxylic acids is 2. The average molecular weight is 664 g/mol. The summed E-state index contributed by atoms with van der Waals surface area (Å²) in [6, 6.07) is 0.0759. The Bertz CT molecular complexity index is 1620. The monoisotopic (exact) mass is 664 g/mol. The number of hydrogen-bond acceptors (Lipinski definition) is 7. The number of nitrogen functional groups attached to an aromatic ring is 1. The summed E-state index contributed by atoms with van der Waals surface area (Å²) in [6.45, 7) is -2.01. The Morgan fingerprint density at radius 2 is 1.69 bits per heavy atom. The second-order valence-electron chi connectivity index (χ2n) is 9.81. The third-order valence-electron chi connectivity index (χ3n) is 6.96. The molecule has 0 unspecified atom stereocenters. The first-order valence-corrected chi connectivity index (χ1v) is 12.3. The van der Waals surface area contributed by atoms with Crippen LogP contribution in [0.4, 0.5) is 54.1 Å². The SMILES string of the molecule is COc1cc(F)c(-c2cc(C(F)(F)F)c3c(N)ncnn23)cc1C(=O)N[C@@H]1CN(C(=O)CC(O)(C(F)(F)F)C(F)(F)F)C[C@@H]1F. The van der Waals surface area contributed by atoms with Gasteiger partial charge in [0.25, 0.3) is 11.5 Å². The van der Waals surface area contributed by atoms with E-state index in [2.05, 4.69) is 15.4 Å². The Balaban J connectivity index is 1.64. The van der Waals surface area contributed by atoms with Crippen molar-refractivity contribution in [3.8, 4) is 17.0 Å². The number of methoxy groups -OCH3 is 1. The maximum Gasteiger partial charge on any atom is 0.426 e. The number of ether oxygens (including phenoxy) is 1. The lowest BCUT2D eigenvalue weighted by Gasteiger charge is -2.32. The van der Waals surface area contributed by atoms with Crippen LogP contribution in [0.2, 0.25) is 0 Å². The van der Waals surface area contributed by atoms with E-state index in [1.54, 1.807) is 0 Å². The molecule has 1 aromatic carbocycles. The highest BCUT2D eigenvalue weighted by molar-refractivity contribution is 5.98. The second kappa shape index (κ2) is 11.2. The van der Waals surface area contributed by atoms with Crippen LogP contribution in [0, 0.1) is 5.82 Å². The van der Waals surface area contributed by atoms with Crippen LogP contribution in [0.5, 0.6) is 5.75 Å². The summed E-state index contributed by atoms with van der Waals surface area (Å²) in [6.07, 6.45) is -21.6. The Labute approximate surface area is 243 Å². The number of nitrogens with zero attached hydrogens (tertiary/aromatic N) is 4. The number of aromatic nitrogens is 3. The number of aliphatic hydroxyl groups is 1. The van der Waals surface area contributed by atoms with E-state index in [1.165, 1.54) is 0 Å². The van der Waals surface area contributed by atoms with Gasteiger partial charge in [-0.1, -0.05) is 0 Å². The van der Waals surface area contributed by atoms with Gasteiger partial charge in [0.1, 0.15) is 29.6 Å². The van der Waals surface area contributed by atoms with Crippen LogP contribution in [-0.4, -0.2) is 86.8 Å². The lowest BCUT2D eigenvalue weighted by molar-refractivity contribution is -0.367.